The molecule has 1 aliphatic heterocycles. The number of benzene rings is 2. The molecule has 1 fully saturated rings. The highest BCUT2D eigenvalue weighted by Gasteiger charge is 2.41. The van der Waals surface area contributed by atoms with Crippen molar-refractivity contribution in [3.8, 4) is 17.2 Å². The minimum Gasteiger partial charge on any atom is -0.507 e. The smallest absolute Gasteiger partial charge is 0.453 e. The van der Waals surface area contributed by atoms with Crippen LogP contribution in [0.15, 0.2) is 33.5 Å². The summed E-state index contributed by atoms with van der Waals surface area (Å²) in [6.45, 7) is 5.32. The molecular weight excluding hydrogens is 471 g/mol. The van der Waals surface area contributed by atoms with Crippen molar-refractivity contribution in [1.29, 1.82) is 0 Å². The predicted octanol–water partition coefficient (Wildman–Crippen LogP) is 5.54. The van der Waals surface area contributed by atoms with Gasteiger partial charge in [0.15, 0.2) is 5.58 Å². The first kappa shape index (κ1) is 24.4. The maximum atomic E-state index is 14.0. The number of ether oxygens (including phenoxy) is 1. The Labute approximate surface area is 199 Å². The molecule has 4 rings (SSSR count). The van der Waals surface area contributed by atoms with Gasteiger partial charge in [0.2, 0.25) is 11.2 Å². The second kappa shape index (κ2) is 9.50. The van der Waals surface area contributed by atoms with Gasteiger partial charge in [-0.2, -0.15) is 13.2 Å². The number of phenolic OH excluding ortho intramolecular Hbond substituents is 1. The van der Waals surface area contributed by atoms with Gasteiger partial charge in [-0.3, -0.25) is 4.79 Å². The third kappa shape index (κ3) is 4.88. The van der Waals surface area contributed by atoms with E-state index in [1.807, 2.05) is 0 Å². The van der Waals surface area contributed by atoms with E-state index in [-0.39, 0.29) is 34.6 Å². The molecule has 2 aromatic carbocycles. The molecule has 0 amide bonds. The normalized spacial score (nSPS) is 15.5. The van der Waals surface area contributed by atoms with E-state index in [1.54, 1.807) is 13.8 Å². The van der Waals surface area contributed by atoms with Crippen LogP contribution in [0.5, 0.6) is 17.2 Å². The Hall–Kier alpha value is -2.71. The molecule has 0 bridgehead atoms. The Kier molecular flexibility index (Phi) is 6.82. The van der Waals surface area contributed by atoms with Crippen molar-refractivity contribution in [1.82, 2.24) is 0 Å². The van der Waals surface area contributed by atoms with Gasteiger partial charge in [0.25, 0.3) is 5.76 Å². The second-order valence-corrected chi connectivity index (χ2v) is 9.22. The molecule has 9 heteroatoms. The van der Waals surface area contributed by atoms with Crippen LogP contribution in [-0.2, 0) is 12.7 Å². The van der Waals surface area contributed by atoms with Crippen LogP contribution >= 0.6 is 11.6 Å². The Morgan fingerprint density at radius 1 is 1.09 bits per heavy atom. The van der Waals surface area contributed by atoms with E-state index in [9.17, 15) is 23.1 Å². The molecule has 182 valence electrons. The largest absolute Gasteiger partial charge is 0.507 e. The quantitative estimate of drug-likeness (QED) is 0.498. The molecule has 0 saturated carbocycles. The van der Waals surface area contributed by atoms with Crippen LogP contribution < -0.4 is 15.1 Å². The van der Waals surface area contributed by atoms with Gasteiger partial charge in [0, 0.05) is 5.02 Å². The van der Waals surface area contributed by atoms with Gasteiger partial charge < -0.3 is 19.2 Å². The Bertz CT molecular complexity index is 1250. The average Bonchev–Trinajstić information content (AvgIpc) is 3.03. The first-order chi connectivity index (χ1) is 16.1. The summed E-state index contributed by atoms with van der Waals surface area (Å²) in [5.74, 6) is -2.63. The first-order valence-electron chi connectivity index (χ1n) is 11.2. The molecule has 34 heavy (non-hydrogen) atoms. The Balaban J connectivity index is 1.87. The highest BCUT2D eigenvalue weighted by atomic mass is 35.5. The SMILES string of the molecule is Cc1cc(Oc2c(C(F)(F)F)oc3c(C[NH+]4CCCCCC4)c(O)ccc3c2=O)cc(C)c1Cl. The summed E-state index contributed by atoms with van der Waals surface area (Å²) in [5, 5.41) is 10.9. The molecule has 2 heterocycles. The molecule has 1 saturated heterocycles. The van der Waals surface area contributed by atoms with Crippen molar-refractivity contribution in [2.75, 3.05) is 13.1 Å². The number of fused-ring (bicyclic) bond motifs is 1. The number of phenols is 1. The second-order valence-electron chi connectivity index (χ2n) is 8.84. The number of quaternary nitrogens is 1. The van der Waals surface area contributed by atoms with E-state index >= 15 is 0 Å². The number of halogens is 4. The molecule has 5 nitrogen and oxygen atoms in total. The van der Waals surface area contributed by atoms with E-state index in [0.717, 1.165) is 43.7 Å². The van der Waals surface area contributed by atoms with Crippen molar-refractivity contribution in [2.45, 2.75) is 52.3 Å². The lowest BCUT2D eigenvalue weighted by Gasteiger charge is -2.19. The summed E-state index contributed by atoms with van der Waals surface area (Å²) in [5.41, 5.74) is 0.184. The van der Waals surface area contributed by atoms with Crippen LogP contribution in [0.1, 0.15) is 48.1 Å². The van der Waals surface area contributed by atoms with Crippen molar-refractivity contribution >= 4 is 22.6 Å². The summed E-state index contributed by atoms with van der Waals surface area (Å²) in [6.07, 6.45) is -0.796. The summed E-state index contributed by atoms with van der Waals surface area (Å²) in [6, 6.07) is 5.51. The van der Waals surface area contributed by atoms with Crippen molar-refractivity contribution < 1.29 is 32.3 Å². The van der Waals surface area contributed by atoms with Gasteiger partial charge in [-0.1, -0.05) is 11.6 Å². The molecule has 0 unspecified atom stereocenters. The number of nitrogens with one attached hydrogen (secondary N) is 1. The van der Waals surface area contributed by atoms with Crippen LogP contribution in [-0.4, -0.2) is 18.2 Å². The fourth-order valence-corrected chi connectivity index (χ4v) is 4.58. The Morgan fingerprint density at radius 3 is 2.29 bits per heavy atom. The van der Waals surface area contributed by atoms with Gasteiger partial charge in [-0.15, -0.1) is 0 Å². The molecule has 0 radical (unpaired) electrons. The molecule has 0 atom stereocenters. The number of hydrogen-bond donors (Lipinski definition) is 2. The number of aromatic hydroxyl groups is 1. The fraction of sp³-hybridized carbons (Fsp3) is 0.400. The Morgan fingerprint density at radius 2 is 1.71 bits per heavy atom. The van der Waals surface area contributed by atoms with Gasteiger partial charge >= 0.3 is 6.18 Å². The monoisotopic (exact) mass is 496 g/mol. The highest BCUT2D eigenvalue weighted by molar-refractivity contribution is 6.32. The van der Waals surface area contributed by atoms with Crippen molar-refractivity contribution in [3.63, 3.8) is 0 Å². The summed E-state index contributed by atoms with van der Waals surface area (Å²) in [4.78, 5) is 14.4. The van der Waals surface area contributed by atoms with Crippen LogP contribution in [0.2, 0.25) is 5.02 Å². The van der Waals surface area contributed by atoms with E-state index < -0.39 is 23.1 Å². The number of rotatable bonds is 4. The van der Waals surface area contributed by atoms with Crippen LogP contribution in [0.4, 0.5) is 13.2 Å². The topological polar surface area (TPSA) is 64.1 Å². The third-order valence-electron chi connectivity index (χ3n) is 6.22. The lowest BCUT2D eigenvalue weighted by Crippen LogP contribution is -3.10. The molecule has 1 aromatic heterocycles. The van der Waals surface area contributed by atoms with E-state index in [0.29, 0.717) is 16.1 Å². The predicted molar refractivity (Wildman–Crippen MR) is 123 cm³/mol. The zero-order valence-corrected chi connectivity index (χ0v) is 19.7. The first-order valence-corrected chi connectivity index (χ1v) is 11.6. The lowest BCUT2D eigenvalue weighted by molar-refractivity contribution is -0.913. The average molecular weight is 497 g/mol. The summed E-state index contributed by atoms with van der Waals surface area (Å²) < 4.78 is 52.9. The van der Waals surface area contributed by atoms with Crippen LogP contribution in [0.3, 0.4) is 0 Å². The maximum absolute atomic E-state index is 14.0. The molecule has 1 aliphatic rings. The molecular formula is C25H26ClF3NO4+. The number of likely N-dealkylation sites (tertiary alicyclic amines) is 1. The van der Waals surface area contributed by atoms with E-state index in [2.05, 4.69) is 0 Å². The molecule has 0 spiro atoms. The van der Waals surface area contributed by atoms with Crippen molar-refractivity contribution in [2.24, 2.45) is 0 Å². The molecule has 3 aromatic rings. The standard InChI is InChI=1S/C25H25ClF3NO4/c1-14-11-16(12-15(2)20(14)26)33-23-21(32)17-7-8-19(31)18(13-30-9-5-3-4-6-10-30)22(17)34-24(23)25(27,28)29/h7-8,11-12,31H,3-6,9-10,13H2,1-2H3/p+1. The molecule has 0 aliphatic carbocycles. The van der Waals surface area contributed by atoms with Gasteiger partial charge in [0.1, 0.15) is 18.0 Å². The number of alkyl halides is 3. The zero-order valence-electron chi connectivity index (χ0n) is 18.9. The minimum atomic E-state index is -4.99. The maximum Gasteiger partial charge on any atom is 0.453 e. The summed E-state index contributed by atoms with van der Waals surface area (Å²) in [7, 11) is 0. The van der Waals surface area contributed by atoms with E-state index in [1.165, 1.54) is 24.3 Å². The van der Waals surface area contributed by atoms with Gasteiger partial charge in [0.05, 0.1) is 24.0 Å². The summed E-state index contributed by atoms with van der Waals surface area (Å²) >= 11 is 6.15. The zero-order chi connectivity index (χ0) is 24.6. The molecule has 2 N–H and O–H groups in total. The lowest BCUT2D eigenvalue weighted by atomic mass is 10.1. The van der Waals surface area contributed by atoms with Crippen LogP contribution in [0.25, 0.3) is 11.0 Å². The van der Waals surface area contributed by atoms with Crippen LogP contribution in [0, 0.1) is 13.8 Å². The number of aryl methyl sites for hydroxylation is 2. The highest BCUT2D eigenvalue weighted by Crippen LogP contribution is 2.40. The van der Waals surface area contributed by atoms with Gasteiger partial charge in [-0.05, 0) is 74.9 Å². The number of hydrogen-bond acceptors (Lipinski definition) is 4. The van der Waals surface area contributed by atoms with Gasteiger partial charge in [-0.25, -0.2) is 0 Å². The van der Waals surface area contributed by atoms with E-state index in [4.69, 9.17) is 20.8 Å². The minimum absolute atomic E-state index is 0.0459. The third-order valence-corrected chi connectivity index (χ3v) is 6.82. The van der Waals surface area contributed by atoms with Crippen molar-refractivity contribution in [3.05, 3.63) is 62.0 Å². The fourth-order valence-electron chi connectivity index (χ4n) is 4.48.